The molecule has 9 nitrogen and oxygen atoms in total. The summed E-state index contributed by atoms with van der Waals surface area (Å²) in [5, 5.41) is 8.68. The molecule has 2 aliphatic heterocycles. The lowest BCUT2D eigenvalue weighted by Crippen LogP contribution is -2.53. The molecule has 3 rings (SSSR count). The SMILES string of the molecule is COCC(=O)N[C@H]1CN(CC2CCC2)C[C@@H]2C[C@H](NC(=O)NC(C)C)CN2C1=O. The summed E-state index contributed by atoms with van der Waals surface area (Å²) in [5.74, 6) is 0.335. The summed E-state index contributed by atoms with van der Waals surface area (Å²) >= 11 is 0. The first-order valence-electron chi connectivity index (χ1n) is 10.7. The zero-order valence-electron chi connectivity index (χ0n) is 17.8. The van der Waals surface area contributed by atoms with Gasteiger partial charge in [-0.25, -0.2) is 4.79 Å². The number of urea groups is 1. The number of nitrogens with one attached hydrogen (secondary N) is 3. The maximum atomic E-state index is 13.2. The van der Waals surface area contributed by atoms with E-state index in [-0.39, 0.29) is 42.6 Å². The van der Waals surface area contributed by atoms with E-state index < -0.39 is 6.04 Å². The highest BCUT2D eigenvalue weighted by atomic mass is 16.5. The van der Waals surface area contributed by atoms with Crippen molar-refractivity contribution < 1.29 is 19.1 Å². The zero-order chi connectivity index (χ0) is 21.0. The van der Waals surface area contributed by atoms with Crippen molar-refractivity contribution in [3.63, 3.8) is 0 Å². The standard InChI is InChI=1S/C20H35N5O4/c1-13(2)21-20(28)22-15-7-16-10-24(8-14-5-4-6-14)11-17(19(27)25(16)9-15)23-18(26)12-29-3/h13-17H,4-12H2,1-3H3,(H,23,26)(H2,21,22,28)/t15-,16-,17-/m0/s1. The Morgan fingerprint density at radius 3 is 2.55 bits per heavy atom. The molecule has 1 saturated carbocycles. The third-order valence-electron chi connectivity index (χ3n) is 6.01. The molecular formula is C20H35N5O4. The second-order valence-electron chi connectivity index (χ2n) is 8.92. The molecule has 3 fully saturated rings. The number of amides is 4. The predicted molar refractivity (Wildman–Crippen MR) is 108 cm³/mol. The van der Waals surface area contributed by atoms with Crippen LogP contribution in [0.15, 0.2) is 0 Å². The largest absolute Gasteiger partial charge is 0.375 e. The Kier molecular flexibility index (Phi) is 7.34. The minimum atomic E-state index is -0.578. The maximum Gasteiger partial charge on any atom is 0.315 e. The van der Waals surface area contributed by atoms with E-state index in [4.69, 9.17) is 4.74 Å². The lowest BCUT2D eigenvalue weighted by molar-refractivity contribution is -0.137. The molecule has 29 heavy (non-hydrogen) atoms. The molecule has 9 heteroatoms. The van der Waals surface area contributed by atoms with Gasteiger partial charge in [0.25, 0.3) is 0 Å². The number of ether oxygens (including phenoxy) is 1. The average molecular weight is 410 g/mol. The summed E-state index contributed by atoms with van der Waals surface area (Å²) in [7, 11) is 1.46. The molecule has 164 valence electrons. The highest BCUT2D eigenvalue weighted by Gasteiger charge is 2.43. The molecule has 0 aromatic rings. The Morgan fingerprint density at radius 2 is 1.93 bits per heavy atom. The van der Waals surface area contributed by atoms with Gasteiger partial charge in [0.05, 0.1) is 6.04 Å². The zero-order valence-corrected chi connectivity index (χ0v) is 17.8. The van der Waals surface area contributed by atoms with Crippen molar-refractivity contribution in [2.24, 2.45) is 5.92 Å². The van der Waals surface area contributed by atoms with E-state index in [0.29, 0.717) is 19.0 Å². The third kappa shape index (κ3) is 5.82. The van der Waals surface area contributed by atoms with Crippen LogP contribution in [0.5, 0.6) is 0 Å². The fourth-order valence-corrected chi connectivity index (χ4v) is 4.53. The number of rotatable bonds is 7. The van der Waals surface area contributed by atoms with Gasteiger partial charge >= 0.3 is 6.03 Å². The van der Waals surface area contributed by atoms with Crippen LogP contribution in [-0.4, -0.2) is 91.7 Å². The molecule has 0 aromatic carbocycles. The smallest absolute Gasteiger partial charge is 0.315 e. The lowest BCUT2D eigenvalue weighted by Gasteiger charge is -2.33. The van der Waals surface area contributed by atoms with Crippen LogP contribution in [0.4, 0.5) is 4.79 Å². The molecule has 3 N–H and O–H groups in total. The van der Waals surface area contributed by atoms with Gasteiger partial charge in [0.1, 0.15) is 12.6 Å². The summed E-state index contributed by atoms with van der Waals surface area (Å²) < 4.78 is 4.90. The van der Waals surface area contributed by atoms with Gasteiger partial charge in [0.15, 0.2) is 0 Å². The van der Waals surface area contributed by atoms with Crippen molar-refractivity contribution in [1.29, 1.82) is 0 Å². The topological polar surface area (TPSA) is 103 Å². The fraction of sp³-hybridized carbons (Fsp3) is 0.850. The molecule has 4 amide bonds. The van der Waals surface area contributed by atoms with Crippen molar-refractivity contribution in [3.05, 3.63) is 0 Å². The van der Waals surface area contributed by atoms with Gasteiger partial charge in [-0.1, -0.05) is 6.42 Å². The predicted octanol–water partition coefficient (Wildman–Crippen LogP) is -0.0896. The normalized spacial score (nSPS) is 27.9. The van der Waals surface area contributed by atoms with Gasteiger partial charge in [-0.3, -0.25) is 14.5 Å². The number of hydrogen-bond donors (Lipinski definition) is 3. The molecule has 3 atom stereocenters. The Hall–Kier alpha value is -1.87. The monoisotopic (exact) mass is 409 g/mol. The van der Waals surface area contributed by atoms with Crippen LogP contribution in [0.25, 0.3) is 0 Å². The summed E-state index contributed by atoms with van der Waals surface area (Å²) in [5.41, 5.74) is 0. The molecule has 3 aliphatic rings. The second-order valence-corrected chi connectivity index (χ2v) is 8.92. The summed E-state index contributed by atoms with van der Waals surface area (Å²) in [4.78, 5) is 41.5. The van der Waals surface area contributed by atoms with Gasteiger partial charge in [0.2, 0.25) is 11.8 Å². The molecule has 0 unspecified atom stereocenters. The molecule has 0 radical (unpaired) electrons. The minimum absolute atomic E-state index is 0.0521. The quantitative estimate of drug-likeness (QED) is 0.545. The molecule has 0 aromatic heterocycles. The van der Waals surface area contributed by atoms with E-state index in [0.717, 1.165) is 19.5 Å². The molecule has 1 aliphatic carbocycles. The third-order valence-corrected chi connectivity index (χ3v) is 6.01. The van der Waals surface area contributed by atoms with E-state index in [1.54, 1.807) is 0 Å². The van der Waals surface area contributed by atoms with E-state index >= 15 is 0 Å². The Labute approximate surface area is 172 Å². The first kappa shape index (κ1) is 21.8. The van der Waals surface area contributed by atoms with Gasteiger partial charge in [0, 0.05) is 45.4 Å². The summed E-state index contributed by atoms with van der Waals surface area (Å²) in [6, 6.07) is -0.752. The molecular weight excluding hydrogens is 374 g/mol. The van der Waals surface area contributed by atoms with E-state index in [2.05, 4.69) is 20.9 Å². The fourth-order valence-electron chi connectivity index (χ4n) is 4.53. The Balaban J connectivity index is 1.67. The van der Waals surface area contributed by atoms with Gasteiger partial charge in [-0.2, -0.15) is 0 Å². The molecule has 2 heterocycles. The van der Waals surface area contributed by atoms with Crippen molar-refractivity contribution in [3.8, 4) is 0 Å². The van der Waals surface area contributed by atoms with Crippen LogP contribution in [0.2, 0.25) is 0 Å². The number of carbonyl (C=O) groups excluding carboxylic acids is 3. The number of fused-ring (bicyclic) bond motifs is 1. The van der Waals surface area contributed by atoms with E-state index in [1.165, 1.54) is 26.4 Å². The highest BCUT2D eigenvalue weighted by Crippen LogP contribution is 2.29. The van der Waals surface area contributed by atoms with Crippen molar-refractivity contribution in [2.45, 2.75) is 63.7 Å². The maximum absolute atomic E-state index is 13.2. The van der Waals surface area contributed by atoms with Crippen LogP contribution >= 0.6 is 0 Å². The Morgan fingerprint density at radius 1 is 1.17 bits per heavy atom. The van der Waals surface area contributed by atoms with Crippen molar-refractivity contribution in [1.82, 2.24) is 25.8 Å². The lowest BCUT2D eigenvalue weighted by atomic mass is 9.85. The second kappa shape index (κ2) is 9.75. The number of methoxy groups -OCH3 is 1. The van der Waals surface area contributed by atoms with Crippen molar-refractivity contribution >= 4 is 17.8 Å². The minimum Gasteiger partial charge on any atom is -0.375 e. The molecule has 0 spiro atoms. The molecule has 2 saturated heterocycles. The Bertz CT molecular complexity index is 610. The average Bonchev–Trinajstić information content (AvgIpc) is 2.93. The van der Waals surface area contributed by atoms with Crippen LogP contribution in [0.3, 0.4) is 0 Å². The number of nitrogens with zero attached hydrogens (tertiary/aromatic N) is 2. The van der Waals surface area contributed by atoms with E-state index in [9.17, 15) is 14.4 Å². The summed E-state index contributed by atoms with van der Waals surface area (Å²) in [6.07, 6.45) is 4.48. The number of hydrogen-bond acceptors (Lipinski definition) is 5. The van der Waals surface area contributed by atoms with Crippen LogP contribution in [0, 0.1) is 5.92 Å². The van der Waals surface area contributed by atoms with Crippen LogP contribution < -0.4 is 16.0 Å². The summed E-state index contributed by atoms with van der Waals surface area (Å²) in [6.45, 7) is 6.51. The van der Waals surface area contributed by atoms with Crippen molar-refractivity contribution in [2.75, 3.05) is 39.9 Å². The van der Waals surface area contributed by atoms with Crippen LogP contribution in [-0.2, 0) is 14.3 Å². The van der Waals surface area contributed by atoms with Gasteiger partial charge in [-0.15, -0.1) is 0 Å². The molecule has 0 bridgehead atoms. The highest BCUT2D eigenvalue weighted by molar-refractivity contribution is 5.89. The van der Waals surface area contributed by atoms with Gasteiger partial charge in [-0.05, 0) is 39.0 Å². The number of carbonyl (C=O) groups is 3. The van der Waals surface area contributed by atoms with Crippen LogP contribution in [0.1, 0.15) is 39.5 Å². The first-order valence-corrected chi connectivity index (χ1v) is 10.7. The van der Waals surface area contributed by atoms with Gasteiger partial charge < -0.3 is 25.6 Å². The first-order chi connectivity index (χ1) is 13.9. The van der Waals surface area contributed by atoms with E-state index in [1.807, 2.05) is 18.7 Å².